The van der Waals surface area contributed by atoms with Crippen molar-refractivity contribution in [3.05, 3.63) is 53.3 Å². The number of nitriles is 1. The van der Waals surface area contributed by atoms with Crippen LogP contribution in [0.1, 0.15) is 25.0 Å². The number of nitrogen functional groups attached to an aromatic ring is 1. The zero-order chi connectivity index (χ0) is 21.7. The fraction of sp³-hybridized carbons (Fsp3) is 0.211. The van der Waals surface area contributed by atoms with Crippen molar-refractivity contribution in [2.45, 2.75) is 25.6 Å². The van der Waals surface area contributed by atoms with Crippen LogP contribution in [0.3, 0.4) is 0 Å². The molecule has 2 aromatic carbocycles. The molecule has 1 aliphatic rings. The van der Waals surface area contributed by atoms with Crippen LogP contribution in [0, 0.1) is 17.1 Å². The second kappa shape index (κ2) is 6.70. The minimum absolute atomic E-state index is 0.0956. The van der Waals surface area contributed by atoms with Crippen LogP contribution >= 0.6 is 12.2 Å². The molecule has 3 rings (SSSR count). The van der Waals surface area contributed by atoms with Crippen LogP contribution in [0.15, 0.2) is 36.4 Å². The van der Waals surface area contributed by atoms with Gasteiger partial charge in [0.1, 0.15) is 11.4 Å². The predicted molar refractivity (Wildman–Crippen MR) is 104 cm³/mol. The number of thiocarbonyl (C=S) groups is 1. The van der Waals surface area contributed by atoms with E-state index >= 15 is 0 Å². The normalized spacial score (nSPS) is 16.3. The number of alkyl halides is 3. The number of rotatable bonds is 2. The van der Waals surface area contributed by atoms with Gasteiger partial charge in [-0.2, -0.15) is 18.4 Å². The zero-order valence-corrected chi connectivity index (χ0v) is 16.0. The first-order chi connectivity index (χ1) is 13.4. The highest BCUT2D eigenvalue weighted by Gasteiger charge is 2.50. The van der Waals surface area contributed by atoms with Crippen LogP contribution in [0.2, 0.25) is 0 Å². The van der Waals surface area contributed by atoms with Crippen molar-refractivity contribution in [1.82, 2.24) is 0 Å². The average Bonchev–Trinajstić information content (AvgIpc) is 2.81. The summed E-state index contributed by atoms with van der Waals surface area (Å²) in [5.74, 6) is -1.32. The fourth-order valence-corrected chi connectivity index (χ4v) is 3.64. The van der Waals surface area contributed by atoms with Gasteiger partial charge in [0.05, 0.1) is 28.6 Å². The van der Waals surface area contributed by atoms with Gasteiger partial charge in [-0.25, -0.2) is 4.39 Å². The van der Waals surface area contributed by atoms with Crippen molar-refractivity contribution < 1.29 is 22.4 Å². The molecule has 1 amide bonds. The molecule has 0 aromatic heterocycles. The Balaban J connectivity index is 2.13. The van der Waals surface area contributed by atoms with Crippen molar-refractivity contribution >= 4 is 40.3 Å². The molecule has 2 N–H and O–H groups in total. The van der Waals surface area contributed by atoms with Crippen LogP contribution in [0.4, 0.5) is 34.6 Å². The molecule has 0 saturated carbocycles. The van der Waals surface area contributed by atoms with E-state index in [1.165, 1.54) is 43.0 Å². The van der Waals surface area contributed by atoms with Gasteiger partial charge in [0.15, 0.2) is 5.11 Å². The largest absolute Gasteiger partial charge is 0.417 e. The maximum Gasteiger partial charge on any atom is 0.417 e. The molecular weight excluding hydrogens is 408 g/mol. The number of halogens is 4. The molecule has 29 heavy (non-hydrogen) atoms. The van der Waals surface area contributed by atoms with Gasteiger partial charge in [-0.1, -0.05) is 0 Å². The topological polar surface area (TPSA) is 73.4 Å². The maximum atomic E-state index is 13.9. The van der Waals surface area contributed by atoms with Gasteiger partial charge >= 0.3 is 6.18 Å². The summed E-state index contributed by atoms with van der Waals surface area (Å²) in [5, 5.41) is 8.83. The van der Waals surface area contributed by atoms with Crippen LogP contribution in [0.5, 0.6) is 0 Å². The molecule has 5 nitrogen and oxygen atoms in total. The molecule has 0 spiro atoms. The smallest absolute Gasteiger partial charge is 0.396 e. The Bertz CT molecular complexity index is 1070. The molecule has 0 unspecified atom stereocenters. The van der Waals surface area contributed by atoms with E-state index in [0.717, 1.165) is 17.0 Å². The summed E-state index contributed by atoms with van der Waals surface area (Å²) in [5.41, 5.74) is 2.42. The number of amides is 1. The molecule has 1 heterocycles. The van der Waals surface area contributed by atoms with E-state index in [-0.39, 0.29) is 22.2 Å². The van der Waals surface area contributed by atoms with Crippen molar-refractivity contribution in [2.24, 2.45) is 0 Å². The van der Waals surface area contributed by atoms with Gasteiger partial charge < -0.3 is 10.6 Å². The molecule has 1 fully saturated rings. The summed E-state index contributed by atoms with van der Waals surface area (Å²) in [7, 11) is 0. The minimum Gasteiger partial charge on any atom is -0.396 e. The molecule has 0 atom stereocenters. The molecule has 0 radical (unpaired) electrons. The number of anilines is 3. The van der Waals surface area contributed by atoms with E-state index in [2.05, 4.69) is 0 Å². The van der Waals surface area contributed by atoms with Crippen LogP contribution in [-0.2, 0) is 11.0 Å². The monoisotopic (exact) mass is 422 g/mol. The van der Waals surface area contributed by atoms with Crippen LogP contribution in [0.25, 0.3) is 0 Å². The van der Waals surface area contributed by atoms with Crippen molar-refractivity contribution in [3.8, 4) is 6.07 Å². The summed E-state index contributed by atoms with van der Waals surface area (Å²) in [4.78, 5) is 15.3. The van der Waals surface area contributed by atoms with Gasteiger partial charge in [0.25, 0.3) is 5.91 Å². The highest BCUT2D eigenvalue weighted by atomic mass is 32.1. The summed E-state index contributed by atoms with van der Waals surface area (Å²) in [6.45, 7) is 3.04. The van der Waals surface area contributed by atoms with Crippen molar-refractivity contribution in [3.63, 3.8) is 0 Å². The van der Waals surface area contributed by atoms with E-state index in [1.54, 1.807) is 0 Å². The second-order valence-electron chi connectivity index (χ2n) is 6.86. The summed E-state index contributed by atoms with van der Waals surface area (Å²) in [6.07, 6.45) is -4.79. The number of nitrogens with two attached hydrogens (primary N) is 1. The Morgan fingerprint density at radius 1 is 1.14 bits per heavy atom. The first-order valence-electron chi connectivity index (χ1n) is 8.24. The molecule has 0 aliphatic carbocycles. The lowest BCUT2D eigenvalue weighted by Gasteiger charge is -2.29. The first kappa shape index (κ1) is 20.5. The molecule has 1 saturated heterocycles. The molecule has 2 aromatic rings. The highest BCUT2D eigenvalue weighted by molar-refractivity contribution is 7.81. The van der Waals surface area contributed by atoms with Crippen molar-refractivity contribution in [2.75, 3.05) is 15.5 Å². The Hall–Kier alpha value is -3.19. The number of nitrogens with zero attached hydrogens (tertiary/aromatic N) is 3. The van der Waals surface area contributed by atoms with Gasteiger partial charge in [-0.15, -0.1) is 0 Å². The fourth-order valence-electron chi connectivity index (χ4n) is 3.11. The van der Waals surface area contributed by atoms with Crippen LogP contribution < -0.4 is 15.5 Å². The quantitative estimate of drug-likeness (QED) is 0.446. The lowest BCUT2D eigenvalue weighted by atomic mass is 10.0. The Labute approximate surface area is 168 Å². The van der Waals surface area contributed by atoms with Crippen molar-refractivity contribution in [1.29, 1.82) is 5.26 Å². The third-order valence-corrected chi connectivity index (χ3v) is 4.96. The lowest BCUT2D eigenvalue weighted by molar-refractivity contribution is -0.137. The first-order valence-corrected chi connectivity index (χ1v) is 8.65. The third kappa shape index (κ3) is 3.27. The van der Waals surface area contributed by atoms with E-state index in [4.69, 9.17) is 23.2 Å². The second-order valence-corrected chi connectivity index (χ2v) is 7.23. The minimum atomic E-state index is -4.79. The van der Waals surface area contributed by atoms with Gasteiger partial charge in [-0.05, 0) is 62.5 Å². The number of carbonyl (C=O) groups excluding carboxylic acids is 1. The lowest BCUT2D eigenvalue weighted by Crippen LogP contribution is -2.44. The van der Waals surface area contributed by atoms with Gasteiger partial charge in [0, 0.05) is 5.69 Å². The molecule has 1 aliphatic heterocycles. The van der Waals surface area contributed by atoms with E-state index in [0.29, 0.717) is 6.07 Å². The highest BCUT2D eigenvalue weighted by Crippen LogP contribution is 2.39. The third-order valence-electron chi connectivity index (χ3n) is 4.60. The zero-order valence-electron chi connectivity index (χ0n) is 15.2. The standard InChI is InChI=1S/C19H14F4N4OS/c1-18(2)16(28)26(11-4-3-10(9-24)13(7-11)19(21,22)23)17(29)27(18)12-5-6-15(25)14(20)8-12/h3-8H,25H2,1-2H3. The predicted octanol–water partition coefficient (Wildman–Crippen LogP) is 4.22. The molecule has 150 valence electrons. The Morgan fingerprint density at radius 3 is 2.31 bits per heavy atom. The number of benzene rings is 2. The number of hydrogen-bond donors (Lipinski definition) is 1. The molecular formula is C19H14F4N4OS. The van der Waals surface area contributed by atoms with E-state index < -0.39 is 34.6 Å². The van der Waals surface area contributed by atoms with Crippen LogP contribution in [-0.4, -0.2) is 16.6 Å². The van der Waals surface area contributed by atoms with Gasteiger partial charge in [0.2, 0.25) is 0 Å². The number of hydrogen-bond acceptors (Lipinski definition) is 4. The number of carbonyl (C=O) groups is 1. The molecule has 10 heteroatoms. The summed E-state index contributed by atoms with van der Waals surface area (Å²) < 4.78 is 53.9. The summed E-state index contributed by atoms with van der Waals surface area (Å²) in [6, 6.07) is 8.24. The SMILES string of the molecule is CC1(C)C(=O)N(c2ccc(C#N)c(C(F)(F)F)c2)C(=S)N1c1ccc(N)c(F)c1. The average molecular weight is 422 g/mol. The molecule has 0 bridgehead atoms. The van der Waals surface area contributed by atoms with E-state index in [9.17, 15) is 22.4 Å². The van der Waals surface area contributed by atoms with Gasteiger partial charge in [-0.3, -0.25) is 9.69 Å². The maximum absolute atomic E-state index is 13.9. The Kier molecular flexibility index (Phi) is 4.75. The van der Waals surface area contributed by atoms with E-state index in [1.807, 2.05) is 0 Å². The Morgan fingerprint density at radius 2 is 1.76 bits per heavy atom. The summed E-state index contributed by atoms with van der Waals surface area (Å²) >= 11 is 5.36.